The van der Waals surface area contributed by atoms with Crippen molar-refractivity contribution in [2.45, 2.75) is 20.3 Å². The van der Waals surface area contributed by atoms with Crippen molar-refractivity contribution in [2.24, 2.45) is 4.99 Å². The van der Waals surface area contributed by atoms with Gasteiger partial charge in [0.25, 0.3) is 0 Å². The third-order valence-corrected chi connectivity index (χ3v) is 3.47. The Morgan fingerprint density at radius 1 is 1.09 bits per heavy atom. The number of nitrogens with zero attached hydrogens (tertiary/aromatic N) is 1. The van der Waals surface area contributed by atoms with Crippen LogP contribution in [0.25, 0.3) is 0 Å². The summed E-state index contributed by atoms with van der Waals surface area (Å²) in [6, 6.07) is 12.8. The lowest BCUT2D eigenvalue weighted by Crippen LogP contribution is -2.02. The van der Waals surface area contributed by atoms with E-state index in [-0.39, 0.29) is 17.0 Å². The van der Waals surface area contributed by atoms with E-state index in [1.54, 1.807) is 13.8 Å². The Morgan fingerprint density at radius 2 is 1.78 bits per heavy atom. The second kappa shape index (κ2) is 7.58. The summed E-state index contributed by atoms with van der Waals surface area (Å²) < 4.78 is 27.0. The normalized spacial score (nSPS) is 12.8. The molecule has 0 aliphatic carbocycles. The summed E-state index contributed by atoms with van der Waals surface area (Å²) in [7, 11) is 0. The van der Waals surface area contributed by atoms with E-state index in [2.05, 4.69) is 4.99 Å². The van der Waals surface area contributed by atoms with Crippen molar-refractivity contribution < 1.29 is 13.6 Å². The molecule has 0 N–H and O–H groups in total. The molecule has 0 aliphatic rings. The van der Waals surface area contributed by atoms with Crippen molar-refractivity contribution in [3.05, 3.63) is 82.6 Å². The van der Waals surface area contributed by atoms with Gasteiger partial charge in [-0.15, -0.1) is 0 Å². The van der Waals surface area contributed by atoms with Crippen LogP contribution in [0.3, 0.4) is 0 Å². The topological polar surface area (TPSA) is 29.4 Å². The van der Waals surface area contributed by atoms with Crippen LogP contribution in [-0.2, 0) is 11.2 Å². The molecule has 0 atom stereocenters. The number of carbonyl (C=O) groups is 1. The van der Waals surface area contributed by atoms with E-state index < -0.39 is 11.6 Å². The minimum absolute atomic E-state index is 0.0526. The average molecular weight is 313 g/mol. The molecule has 0 saturated heterocycles. The number of allylic oxidation sites excluding steroid dienone is 2. The fourth-order valence-electron chi connectivity index (χ4n) is 2.23. The summed E-state index contributed by atoms with van der Waals surface area (Å²) in [6.07, 6.45) is 1.20. The zero-order valence-corrected chi connectivity index (χ0v) is 13.0. The van der Waals surface area contributed by atoms with Crippen LogP contribution in [0.15, 0.2) is 64.8 Å². The van der Waals surface area contributed by atoms with Crippen LogP contribution in [0, 0.1) is 11.6 Å². The number of halogens is 2. The van der Waals surface area contributed by atoms with E-state index in [1.165, 1.54) is 0 Å². The van der Waals surface area contributed by atoms with Crippen molar-refractivity contribution in [1.29, 1.82) is 0 Å². The Morgan fingerprint density at radius 3 is 2.43 bits per heavy atom. The van der Waals surface area contributed by atoms with Crippen molar-refractivity contribution in [3.63, 3.8) is 0 Å². The monoisotopic (exact) mass is 313 g/mol. The quantitative estimate of drug-likeness (QED) is 0.454. The Bertz CT molecular complexity index is 764. The standard InChI is InChI=1S/C19H17F2NO/c1-13(10-15-6-4-3-5-7-15)19(12-23)22-14(2)17-11-16(20)8-9-18(17)21/h3-9,11-12H,10H2,1-2H3/b19-13+,22-14?. The minimum atomic E-state index is -0.571. The Balaban J connectivity index is 2.34. The molecule has 2 rings (SSSR count). The van der Waals surface area contributed by atoms with Gasteiger partial charge in [-0.25, -0.2) is 13.8 Å². The summed E-state index contributed by atoms with van der Waals surface area (Å²) in [5, 5.41) is 0. The Kier molecular flexibility index (Phi) is 5.52. The van der Waals surface area contributed by atoms with Crippen LogP contribution in [0.1, 0.15) is 25.0 Å². The van der Waals surface area contributed by atoms with Crippen LogP contribution in [-0.4, -0.2) is 12.0 Å². The van der Waals surface area contributed by atoms with Gasteiger partial charge in [-0.2, -0.15) is 0 Å². The summed E-state index contributed by atoms with van der Waals surface area (Å²) in [4.78, 5) is 15.5. The maximum Gasteiger partial charge on any atom is 0.168 e. The van der Waals surface area contributed by atoms with E-state index in [1.807, 2.05) is 30.3 Å². The first kappa shape index (κ1) is 16.7. The molecule has 23 heavy (non-hydrogen) atoms. The lowest BCUT2D eigenvalue weighted by atomic mass is 10.0. The maximum absolute atomic E-state index is 13.8. The van der Waals surface area contributed by atoms with Crippen molar-refractivity contribution in [2.75, 3.05) is 0 Å². The highest BCUT2D eigenvalue weighted by molar-refractivity contribution is 6.01. The van der Waals surface area contributed by atoms with Crippen LogP contribution in [0.5, 0.6) is 0 Å². The number of rotatable bonds is 5. The summed E-state index contributed by atoms with van der Waals surface area (Å²) in [5.41, 5.74) is 2.36. The lowest BCUT2D eigenvalue weighted by molar-refractivity contribution is -0.105. The Labute approximate surface area is 134 Å². The number of aldehydes is 1. The number of aliphatic imine (C=N–C) groups is 1. The maximum atomic E-state index is 13.8. The first-order chi connectivity index (χ1) is 11.0. The van der Waals surface area contributed by atoms with Gasteiger partial charge in [0, 0.05) is 11.3 Å². The zero-order valence-electron chi connectivity index (χ0n) is 13.0. The molecule has 0 unspecified atom stereocenters. The summed E-state index contributed by atoms with van der Waals surface area (Å²) in [6.45, 7) is 3.35. The van der Waals surface area contributed by atoms with Gasteiger partial charge in [0.1, 0.15) is 17.3 Å². The van der Waals surface area contributed by atoms with Crippen LogP contribution >= 0.6 is 0 Å². The lowest BCUT2D eigenvalue weighted by Gasteiger charge is -2.06. The molecule has 0 spiro atoms. The smallest absolute Gasteiger partial charge is 0.168 e. The van der Waals surface area contributed by atoms with Gasteiger partial charge >= 0.3 is 0 Å². The number of carbonyl (C=O) groups excluding carboxylic acids is 1. The predicted molar refractivity (Wildman–Crippen MR) is 87.5 cm³/mol. The van der Waals surface area contributed by atoms with Gasteiger partial charge in [-0.1, -0.05) is 30.3 Å². The molecular formula is C19H17F2NO. The van der Waals surface area contributed by atoms with E-state index in [0.717, 1.165) is 29.3 Å². The fourth-order valence-corrected chi connectivity index (χ4v) is 2.23. The first-order valence-corrected chi connectivity index (χ1v) is 7.21. The van der Waals surface area contributed by atoms with Crippen LogP contribution in [0.4, 0.5) is 8.78 Å². The summed E-state index contributed by atoms with van der Waals surface area (Å²) in [5.74, 6) is -1.12. The SMILES string of the molecule is CC(=N/C(C=O)=C(\C)Cc1ccccc1)c1cc(F)ccc1F. The molecule has 2 aromatic carbocycles. The van der Waals surface area contributed by atoms with Gasteiger partial charge in [-0.05, 0) is 49.6 Å². The molecule has 4 heteroatoms. The van der Waals surface area contributed by atoms with Crippen molar-refractivity contribution >= 4 is 12.0 Å². The number of benzene rings is 2. The third kappa shape index (κ3) is 4.42. The Hall–Kier alpha value is -2.62. The number of hydrogen-bond acceptors (Lipinski definition) is 2. The highest BCUT2D eigenvalue weighted by atomic mass is 19.1. The second-order valence-corrected chi connectivity index (χ2v) is 5.27. The van der Waals surface area contributed by atoms with E-state index in [9.17, 15) is 13.6 Å². The fraction of sp³-hybridized carbons (Fsp3) is 0.158. The van der Waals surface area contributed by atoms with E-state index >= 15 is 0 Å². The molecule has 2 nitrogen and oxygen atoms in total. The largest absolute Gasteiger partial charge is 0.296 e. The van der Waals surface area contributed by atoms with Gasteiger partial charge in [0.15, 0.2) is 6.29 Å². The molecule has 118 valence electrons. The molecule has 2 aromatic rings. The van der Waals surface area contributed by atoms with Crippen molar-refractivity contribution in [3.8, 4) is 0 Å². The molecule has 0 heterocycles. The molecule has 0 aliphatic heterocycles. The molecule has 0 bridgehead atoms. The predicted octanol–water partition coefficient (Wildman–Crippen LogP) is 4.49. The highest BCUT2D eigenvalue weighted by Crippen LogP contribution is 2.15. The number of hydrogen-bond donors (Lipinski definition) is 0. The molecular weight excluding hydrogens is 296 g/mol. The first-order valence-electron chi connectivity index (χ1n) is 7.21. The minimum Gasteiger partial charge on any atom is -0.296 e. The van der Waals surface area contributed by atoms with Gasteiger partial charge < -0.3 is 0 Å². The van der Waals surface area contributed by atoms with Crippen LogP contribution in [0.2, 0.25) is 0 Å². The third-order valence-electron chi connectivity index (χ3n) is 3.47. The molecule has 0 amide bonds. The second-order valence-electron chi connectivity index (χ2n) is 5.27. The van der Waals surface area contributed by atoms with Gasteiger partial charge in [0.05, 0.1) is 0 Å². The molecule has 0 saturated carbocycles. The van der Waals surface area contributed by atoms with E-state index in [4.69, 9.17) is 0 Å². The molecule has 0 aromatic heterocycles. The van der Waals surface area contributed by atoms with Crippen molar-refractivity contribution in [1.82, 2.24) is 0 Å². The zero-order chi connectivity index (χ0) is 16.8. The van der Waals surface area contributed by atoms with E-state index in [0.29, 0.717) is 12.7 Å². The molecule has 0 radical (unpaired) electrons. The highest BCUT2D eigenvalue weighted by Gasteiger charge is 2.09. The average Bonchev–Trinajstić information content (AvgIpc) is 2.55. The van der Waals surface area contributed by atoms with Gasteiger partial charge in [-0.3, -0.25) is 4.79 Å². The summed E-state index contributed by atoms with van der Waals surface area (Å²) >= 11 is 0. The van der Waals surface area contributed by atoms with Gasteiger partial charge in [0.2, 0.25) is 0 Å². The molecule has 0 fully saturated rings. The van der Waals surface area contributed by atoms with Crippen LogP contribution < -0.4 is 0 Å².